The van der Waals surface area contributed by atoms with Gasteiger partial charge in [0.25, 0.3) is 0 Å². The van der Waals surface area contributed by atoms with Crippen molar-refractivity contribution in [2.75, 3.05) is 0 Å². The van der Waals surface area contributed by atoms with Crippen LogP contribution in [0.1, 0.15) is 71.1 Å². The summed E-state index contributed by atoms with van der Waals surface area (Å²) in [6, 6.07) is 2.35. The van der Waals surface area contributed by atoms with Crippen LogP contribution >= 0.6 is 0 Å². The zero-order valence-electron chi connectivity index (χ0n) is 15.1. The molecule has 5 aliphatic rings. The summed E-state index contributed by atoms with van der Waals surface area (Å²) >= 11 is 0. The number of nitriles is 1. The highest BCUT2D eigenvalue weighted by Crippen LogP contribution is 2.55. The Hall–Kier alpha value is -0.670. The van der Waals surface area contributed by atoms with Crippen molar-refractivity contribution in [1.82, 2.24) is 0 Å². The van der Waals surface area contributed by atoms with Gasteiger partial charge in [-0.1, -0.05) is 6.42 Å². The summed E-state index contributed by atoms with van der Waals surface area (Å²) in [6.45, 7) is 1.98. The number of nitrogens with zero attached hydrogens (tertiary/aromatic N) is 1. The third-order valence-electron chi connectivity index (χ3n) is 7.07. The van der Waals surface area contributed by atoms with Crippen molar-refractivity contribution in [3.8, 4) is 6.07 Å². The Morgan fingerprint density at radius 1 is 1.04 bits per heavy atom. The van der Waals surface area contributed by atoms with Crippen LogP contribution in [0, 0.1) is 17.2 Å². The Kier molecular flexibility index (Phi) is 3.91. The summed E-state index contributed by atoms with van der Waals surface area (Å²) in [4.78, 5) is 0. The van der Waals surface area contributed by atoms with Crippen LogP contribution in [0.15, 0.2) is 0 Å². The van der Waals surface area contributed by atoms with Gasteiger partial charge in [0.1, 0.15) is 6.10 Å². The maximum absolute atomic E-state index is 9.12. The molecule has 3 heterocycles. The molecule has 2 spiro atoms. The number of ether oxygens (including phenoxy) is 4. The lowest BCUT2D eigenvalue weighted by atomic mass is 9.76. The molecule has 3 aliphatic heterocycles. The van der Waals surface area contributed by atoms with Gasteiger partial charge in [-0.25, -0.2) is 0 Å². The van der Waals surface area contributed by atoms with Crippen LogP contribution in [0.3, 0.4) is 0 Å². The van der Waals surface area contributed by atoms with Gasteiger partial charge in [-0.15, -0.1) is 0 Å². The average Bonchev–Trinajstić information content (AvgIpc) is 3.11. The highest BCUT2D eigenvalue weighted by Gasteiger charge is 2.65. The van der Waals surface area contributed by atoms with E-state index in [1.165, 1.54) is 19.3 Å². The molecule has 0 N–H and O–H groups in total. The first-order valence-corrected chi connectivity index (χ1v) is 10.2. The molecule has 7 atom stereocenters. The fourth-order valence-corrected chi connectivity index (χ4v) is 5.94. The quantitative estimate of drug-likeness (QED) is 0.765. The molecule has 5 nitrogen and oxygen atoms in total. The zero-order valence-corrected chi connectivity index (χ0v) is 15.1. The minimum absolute atomic E-state index is 0.0454. The van der Waals surface area contributed by atoms with Gasteiger partial charge in [-0.2, -0.15) is 5.26 Å². The maximum Gasteiger partial charge on any atom is 0.169 e. The maximum atomic E-state index is 9.12. The van der Waals surface area contributed by atoms with Gasteiger partial charge in [0.05, 0.1) is 36.1 Å². The Labute approximate surface area is 149 Å². The smallest absolute Gasteiger partial charge is 0.169 e. The van der Waals surface area contributed by atoms with E-state index in [2.05, 4.69) is 6.07 Å². The molecule has 2 saturated carbocycles. The van der Waals surface area contributed by atoms with Gasteiger partial charge in [0.2, 0.25) is 0 Å². The summed E-state index contributed by atoms with van der Waals surface area (Å²) in [5.41, 5.74) is -0.215. The predicted molar refractivity (Wildman–Crippen MR) is 89.7 cm³/mol. The molecule has 3 saturated heterocycles. The fourth-order valence-electron chi connectivity index (χ4n) is 5.94. The Morgan fingerprint density at radius 3 is 2.64 bits per heavy atom. The van der Waals surface area contributed by atoms with E-state index in [1.807, 2.05) is 6.92 Å². The van der Waals surface area contributed by atoms with E-state index in [0.717, 1.165) is 44.9 Å². The van der Waals surface area contributed by atoms with Crippen LogP contribution in [-0.4, -0.2) is 41.9 Å². The number of rotatable bonds is 2. The van der Waals surface area contributed by atoms with Crippen molar-refractivity contribution in [1.29, 1.82) is 5.26 Å². The van der Waals surface area contributed by atoms with E-state index in [9.17, 15) is 0 Å². The largest absolute Gasteiger partial charge is 0.369 e. The molecule has 2 bridgehead atoms. The molecule has 25 heavy (non-hydrogen) atoms. The number of fused-ring (bicyclic) bond motifs is 3. The summed E-state index contributed by atoms with van der Waals surface area (Å²) < 4.78 is 26.0. The van der Waals surface area contributed by atoms with Crippen molar-refractivity contribution < 1.29 is 18.9 Å². The molecule has 0 aromatic carbocycles. The molecule has 0 amide bonds. The first kappa shape index (κ1) is 16.5. The van der Waals surface area contributed by atoms with Gasteiger partial charge in [0.15, 0.2) is 5.79 Å². The third-order valence-corrected chi connectivity index (χ3v) is 7.07. The number of hydrogen-bond acceptors (Lipinski definition) is 5. The minimum atomic E-state index is -0.350. The first-order valence-electron chi connectivity index (χ1n) is 10.2. The summed E-state index contributed by atoms with van der Waals surface area (Å²) in [5.74, 6) is -0.305. The fraction of sp³-hybridized carbons (Fsp3) is 0.950. The van der Waals surface area contributed by atoms with Crippen LogP contribution in [0.2, 0.25) is 0 Å². The van der Waals surface area contributed by atoms with E-state index < -0.39 is 0 Å². The molecule has 0 aromatic rings. The molecule has 138 valence electrons. The second kappa shape index (κ2) is 5.92. The van der Waals surface area contributed by atoms with Gasteiger partial charge in [-0.05, 0) is 39.0 Å². The topological polar surface area (TPSA) is 60.7 Å². The van der Waals surface area contributed by atoms with Crippen molar-refractivity contribution >= 4 is 0 Å². The van der Waals surface area contributed by atoms with Crippen LogP contribution in [-0.2, 0) is 18.9 Å². The van der Waals surface area contributed by atoms with Crippen LogP contribution in [0.4, 0.5) is 0 Å². The van der Waals surface area contributed by atoms with E-state index in [0.29, 0.717) is 0 Å². The molecule has 2 aliphatic carbocycles. The van der Waals surface area contributed by atoms with E-state index in [4.69, 9.17) is 24.2 Å². The standard InChI is InChI=1S/C20H29NO4/c1-13(12-21)9-14-5-6-17-19(23-14)10-15(22-17)18-16(11-19)24-20(25-18)7-3-2-4-8-20/h13-18H,2-11H2,1H3/t13?,14-,15-,16-,17+,18+,19-/m1/s1. The Morgan fingerprint density at radius 2 is 1.84 bits per heavy atom. The van der Waals surface area contributed by atoms with Crippen LogP contribution in [0.25, 0.3) is 0 Å². The normalized spacial score (nSPS) is 48.6. The summed E-state index contributed by atoms with van der Waals surface area (Å²) in [5, 5.41) is 9.12. The summed E-state index contributed by atoms with van der Waals surface area (Å²) in [7, 11) is 0. The highest BCUT2D eigenvalue weighted by atomic mass is 16.8. The predicted octanol–water partition coefficient (Wildman–Crippen LogP) is 3.46. The van der Waals surface area contributed by atoms with Gasteiger partial charge in [-0.3, -0.25) is 0 Å². The van der Waals surface area contributed by atoms with Crippen molar-refractivity contribution in [2.24, 2.45) is 5.92 Å². The molecular weight excluding hydrogens is 318 g/mol. The van der Waals surface area contributed by atoms with E-state index >= 15 is 0 Å². The van der Waals surface area contributed by atoms with Crippen LogP contribution < -0.4 is 0 Å². The molecule has 5 heteroatoms. The zero-order chi connectivity index (χ0) is 17.1. The SMILES string of the molecule is CC(C#N)C[C@H]1CC[C@@H]2O[C@@H]3C[C@]2(C[C@H]2OC4(CCCCC4)O[C@@H]32)O1. The summed E-state index contributed by atoms with van der Waals surface area (Å²) in [6.07, 6.45) is 11.0. The monoisotopic (exact) mass is 347 g/mol. The molecule has 5 rings (SSSR count). The lowest BCUT2D eigenvalue weighted by molar-refractivity contribution is -0.216. The third kappa shape index (κ3) is 2.65. The van der Waals surface area contributed by atoms with Crippen LogP contribution in [0.5, 0.6) is 0 Å². The van der Waals surface area contributed by atoms with E-state index in [1.54, 1.807) is 0 Å². The lowest BCUT2D eigenvalue weighted by Gasteiger charge is -2.44. The number of hydrogen-bond donors (Lipinski definition) is 0. The van der Waals surface area contributed by atoms with Gasteiger partial charge in [0, 0.05) is 31.6 Å². The lowest BCUT2D eigenvalue weighted by Crippen LogP contribution is -2.53. The molecule has 0 radical (unpaired) electrons. The highest BCUT2D eigenvalue weighted by molar-refractivity contribution is 5.12. The second-order valence-electron chi connectivity index (χ2n) is 8.93. The molecule has 0 aromatic heterocycles. The van der Waals surface area contributed by atoms with Gasteiger partial charge >= 0.3 is 0 Å². The first-order chi connectivity index (χ1) is 12.1. The minimum Gasteiger partial charge on any atom is -0.369 e. The molecule has 5 fully saturated rings. The van der Waals surface area contributed by atoms with E-state index in [-0.39, 0.29) is 47.8 Å². The molecular formula is C20H29NO4. The van der Waals surface area contributed by atoms with Crippen molar-refractivity contribution in [3.05, 3.63) is 0 Å². The molecule has 1 unspecified atom stereocenters. The van der Waals surface area contributed by atoms with Crippen molar-refractivity contribution in [2.45, 2.75) is 113 Å². The van der Waals surface area contributed by atoms with Crippen molar-refractivity contribution in [3.63, 3.8) is 0 Å². The average molecular weight is 347 g/mol. The second-order valence-corrected chi connectivity index (χ2v) is 8.93. The Balaban J connectivity index is 1.33. The van der Waals surface area contributed by atoms with Gasteiger partial charge < -0.3 is 18.9 Å². The Bertz CT molecular complexity index is 569.